The number of carbonyl (C=O) groups is 2. The number of likely N-dealkylation sites (tertiary alicyclic amines) is 1. The molecule has 6 nitrogen and oxygen atoms in total. The quantitative estimate of drug-likeness (QED) is 0.539. The van der Waals surface area contributed by atoms with Crippen LogP contribution in [-0.2, 0) is 22.2 Å². The van der Waals surface area contributed by atoms with E-state index >= 15 is 0 Å². The number of nitrogens with one attached hydrogen (secondary N) is 1. The Kier molecular flexibility index (Phi) is 6.72. The van der Waals surface area contributed by atoms with Crippen LogP contribution in [0.25, 0.3) is 10.8 Å². The molecule has 0 unspecified atom stereocenters. The SMILES string of the molecule is CNc1cccc(C(F)(F)F)c1N(C=O)C1CCN(C(=O)Cc2ccc3cnccc3c2)CC1. The molecular weight excluding hydrogens is 445 g/mol. The molecule has 0 spiro atoms. The van der Waals surface area contributed by atoms with Gasteiger partial charge in [-0.2, -0.15) is 13.2 Å². The monoisotopic (exact) mass is 470 g/mol. The van der Waals surface area contributed by atoms with Gasteiger partial charge in [-0.05, 0) is 42.0 Å². The van der Waals surface area contributed by atoms with Crippen molar-refractivity contribution in [3.63, 3.8) is 0 Å². The van der Waals surface area contributed by atoms with Crippen molar-refractivity contribution in [2.75, 3.05) is 30.4 Å². The molecule has 1 aromatic heterocycles. The van der Waals surface area contributed by atoms with Gasteiger partial charge in [0.15, 0.2) is 0 Å². The Bertz CT molecular complexity index is 1190. The number of nitrogens with zero attached hydrogens (tertiary/aromatic N) is 3. The molecule has 0 bridgehead atoms. The van der Waals surface area contributed by atoms with Crippen molar-refractivity contribution in [2.45, 2.75) is 31.5 Å². The number of pyridine rings is 1. The van der Waals surface area contributed by atoms with Gasteiger partial charge < -0.3 is 15.1 Å². The Labute approximate surface area is 195 Å². The van der Waals surface area contributed by atoms with Crippen LogP contribution < -0.4 is 10.2 Å². The van der Waals surface area contributed by atoms with E-state index in [2.05, 4.69) is 10.3 Å². The third-order valence-electron chi connectivity index (χ3n) is 6.25. The molecule has 0 atom stereocenters. The molecule has 3 aromatic rings. The average Bonchev–Trinajstić information content (AvgIpc) is 2.84. The first-order valence-corrected chi connectivity index (χ1v) is 11.0. The van der Waals surface area contributed by atoms with Crippen LogP contribution in [0.5, 0.6) is 0 Å². The highest BCUT2D eigenvalue weighted by molar-refractivity contribution is 5.87. The number of fused-ring (bicyclic) bond motifs is 1. The summed E-state index contributed by atoms with van der Waals surface area (Å²) in [6, 6.07) is 11.0. The van der Waals surface area contributed by atoms with Crippen molar-refractivity contribution in [3.05, 3.63) is 66.0 Å². The Balaban J connectivity index is 1.46. The zero-order valence-electron chi connectivity index (χ0n) is 18.7. The number of carbonyl (C=O) groups excluding carboxylic acids is 2. The third kappa shape index (κ3) is 4.83. The molecule has 4 rings (SSSR count). The molecule has 0 aliphatic carbocycles. The van der Waals surface area contributed by atoms with E-state index in [1.807, 2.05) is 24.3 Å². The van der Waals surface area contributed by atoms with Crippen LogP contribution in [0, 0.1) is 0 Å². The predicted molar refractivity (Wildman–Crippen MR) is 125 cm³/mol. The van der Waals surface area contributed by atoms with E-state index in [0.717, 1.165) is 27.3 Å². The van der Waals surface area contributed by atoms with E-state index in [1.54, 1.807) is 17.3 Å². The number of aromatic nitrogens is 1. The summed E-state index contributed by atoms with van der Waals surface area (Å²) in [6.45, 7) is 0.739. The van der Waals surface area contributed by atoms with Crippen LogP contribution >= 0.6 is 0 Å². The van der Waals surface area contributed by atoms with Gasteiger partial charge >= 0.3 is 6.18 Å². The topological polar surface area (TPSA) is 65.5 Å². The Morgan fingerprint density at radius 1 is 1.18 bits per heavy atom. The van der Waals surface area contributed by atoms with Gasteiger partial charge in [-0.25, -0.2) is 0 Å². The molecule has 1 N–H and O–H groups in total. The molecular formula is C25H25F3N4O2. The molecule has 9 heteroatoms. The molecule has 1 saturated heterocycles. The lowest BCUT2D eigenvalue weighted by molar-refractivity contribution is -0.137. The third-order valence-corrected chi connectivity index (χ3v) is 6.25. The number of amides is 2. The summed E-state index contributed by atoms with van der Waals surface area (Å²) in [7, 11) is 1.52. The van der Waals surface area contributed by atoms with Crippen molar-refractivity contribution >= 4 is 34.5 Å². The number of benzene rings is 2. The number of halogens is 3. The van der Waals surface area contributed by atoms with E-state index in [1.165, 1.54) is 19.2 Å². The number of rotatable bonds is 6. The Hall–Kier alpha value is -3.62. The van der Waals surface area contributed by atoms with E-state index in [0.29, 0.717) is 32.3 Å². The average molecular weight is 470 g/mol. The summed E-state index contributed by atoms with van der Waals surface area (Å²) in [4.78, 5) is 31.8. The van der Waals surface area contributed by atoms with Crippen LogP contribution in [0.4, 0.5) is 24.5 Å². The minimum Gasteiger partial charge on any atom is -0.386 e. The Morgan fingerprint density at radius 2 is 1.94 bits per heavy atom. The van der Waals surface area contributed by atoms with Crippen LogP contribution in [0.3, 0.4) is 0 Å². The van der Waals surface area contributed by atoms with Gasteiger partial charge in [0.25, 0.3) is 0 Å². The maximum atomic E-state index is 13.7. The Morgan fingerprint density at radius 3 is 2.62 bits per heavy atom. The highest BCUT2D eigenvalue weighted by Crippen LogP contribution is 2.42. The fourth-order valence-electron chi connectivity index (χ4n) is 4.50. The van der Waals surface area contributed by atoms with E-state index in [-0.39, 0.29) is 23.7 Å². The number of hydrogen-bond donors (Lipinski definition) is 1. The fourth-order valence-corrected chi connectivity index (χ4v) is 4.50. The summed E-state index contributed by atoms with van der Waals surface area (Å²) < 4.78 is 41.0. The van der Waals surface area contributed by atoms with Crippen molar-refractivity contribution in [3.8, 4) is 0 Å². The second-order valence-electron chi connectivity index (χ2n) is 8.31. The normalized spacial score (nSPS) is 14.8. The molecule has 2 amide bonds. The van der Waals surface area contributed by atoms with Gasteiger partial charge in [-0.1, -0.05) is 24.3 Å². The number of alkyl halides is 3. The molecule has 34 heavy (non-hydrogen) atoms. The lowest BCUT2D eigenvalue weighted by atomic mass is 9.99. The summed E-state index contributed by atoms with van der Waals surface area (Å²) >= 11 is 0. The molecule has 1 aliphatic heterocycles. The summed E-state index contributed by atoms with van der Waals surface area (Å²) in [5.41, 5.74) is 0.0735. The van der Waals surface area contributed by atoms with Crippen LogP contribution in [0.1, 0.15) is 24.0 Å². The van der Waals surface area contributed by atoms with Crippen molar-refractivity contribution in [1.29, 1.82) is 0 Å². The van der Waals surface area contributed by atoms with Crippen LogP contribution in [-0.4, -0.2) is 48.4 Å². The smallest absolute Gasteiger partial charge is 0.386 e. The van der Waals surface area contributed by atoms with Crippen molar-refractivity contribution < 1.29 is 22.8 Å². The molecule has 0 saturated carbocycles. The van der Waals surface area contributed by atoms with Crippen molar-refractivity contribution in [2.24, 2.45) is 0 Å². The van der Waals surface area contributed by atoms with Gasteiger partial charge in [-0.15, -0.1) is 0 Å². The first-order chi connectivity index (χ1) is 16.3. The van der Waals surface area contributed by atoms with Crippen LogP contribution in [0.2, 0.25) is 0 Å². The van der Waals surface area contributed by atoms with Crippen molar-refractivity contribution in [1.82, 2.24) is 9.88 Å². The summed E-state index contributed by atoms with van der Waals surface area (Å²) in [5.74, 6) is -0.0453. The summed E-state index contributed by atoms with van der Waals surface area (Å²) in [6.07, 6.45) is 0.343. The van der Waals surface area contributed by atoms with E-state index in [4.69, 9.17) is 0 Å². The fraction of sp³-hybridized carbons (Fsp3) is 0.320. The number of piperidine rings is 1. The first-order valence-electron chi connectivity index (χ1n) is 11.0. The van der Waals surface area contributed by atoms with E-state index in [9.17, 15) is 22.8 Å². The highest BCUT2D eigenvalue weighted by Gasteiger charge is 2.38. The van der Waals surface area contributed by atoms with Crippen LogP contribution in [0.15, 0.2) is 54.9 Å². The predicted octanol–water partition coefficient (Wildman–Crippen LogP) is 4.49. The van der Waals surface area contributed by atoms with Gasteiger partial charge in [0.05, 0.1) is 23.4 Å². The summed E-state index contributed by atoms with van der Waals surface area (Å²) in [5, 5.41) is 4.76. The molecule has 0 radical (unpaired) electrons. The lowest BCUT2D eigenvalue weighted by Crippen LogP contribution is -2.47. The molecule has 2 heterocycles. The highest BCUT2D eigenvalue weighted by atomic mass is 19.4. The minimum atomic E-state index is -4.60. The minimum absolute atomic E-state index is 0.0453. The van der Waals surface area contributed by atoms with Gasteiger partial charge in [0.2, 0.25) is 12.3 Å². The van der Waals surface area contributed by atoms with Gasteiger partial charge in [-0.3, -0.25) is 14.6 Å². The van der Waals surface area contributed by atoms with Gasteiger partial charge in [0.1, 0.15) is 0 Å². The lowest BCUT2D eigenvalue weighted by Gasteiger charge is -2.38. The second-order valence-corrected chi connectivity index (χ2v) is 8.31. The molecule has 178 valence electrons. The number of anilines is 2. The van der Waals surface area contributed by atoms with E-state index < -0.39 is 17.8 Å². The first kappa shape index (κ1) is 23.5. The van der Waals surface area contributed by atoms with Gasteiger partial charge in [0, 0.05) is 44.0 Å². The number of para-hydroxylation sites is 1. The maximum absolute atomic E-state index is 13.7. The maximum Gasteiger partial charge on any atom is 0.418 e. The molecule has 1 aliphatic rings. The zero-order valence-corrected chi connectivity index (χ0v) is 18.7. The number of hydrogen-bond acceptors (Lipinski definition) is 4. The second kappa shape index (κ2) is 9.70. The molecule has 2 aromatic carbocycles. The molecule has 1 fully saturated rings. The standard InChI is InChI=1S/C25H25F3N4O2/c1-29-22-4-2-3-21(25(26,27)28)24(22)32(16-33)20-8-11-31(12-9-20)23(34)14-17-5-6-19-15-30-10-7-18(19)13-17/h2-7,10,13,15-16,20,29H,8-9,11-12,14H2,1H3. The zero-order chi connectivity index (χ0) is 24.3. The largest absolute Gasteiger partial charge is 0.418 e.